The van der Waals surface area contributed by atoms with E-state index in [9.17, 15) is 14.4 Å². The van der Waals surface area contributed by atoms with Gasteiger partial charge in [0.25, 0.3) is 0 Å². The van der Waals surface area contributed by atoms with Crippen molar-refractivity contribution in [2.45, 2.75) is 25.8 Å². The molecule has 7 nitrogen and oxygen atoms in total. The number of amides is 4. The van der Waals surface area contributed by atoms with Crippen LogP contribution in [0.15, 0.2) is 48.5 Å². The van der Waals surface area contributed by atoms with E-state index in [1.165, 1.54) is 0 Å². The molecule has 0 fully saturated rings. The van der Waals surface area contributed by atoms with Crippen LogP contribution >= 0.6 is 11.6 Å². The van der Waals surface area contributed by atoms with Crippen molar-refractivity contribution in [3.8, 4) is 0 Å². The minimum absolute atomic E-state index is 0.0257. The lowest BCUT2D eigenvalue weighted by molar-refractivity contribution is -0.123. The van der Waals surface area contributed by atoms with Crippen LogP contribution in [-0.2, 0) is 16.0 Å². The van der Waals surface area contributed by atoms with Crippen LogP contribution in [0.25, 0.3) is 0 Å². The highest BCUT2D eigenvalue weighted by Gasteiger charge is 2.21. The van der Waals surface area contributed by atoms with Gasteiger partial charge in [0.1, 0.15) is 6.04 Å². The summed E-state index contributed by atoms with van der Waals surface area (Å²) in [5.41, 5.74) is 7.38. The van der Waals surface area contributed by atoms with Crippen molar-refractivity contribution in [2.75, 3.05) is 11.9 Å². The maximum Gasteiger partial charge on any atom is 0.319 e. The van der Waals surface area contributed by atoms with Gasteiger partial charge in [-0.2, -0.15) is 0 Å². The summed E-state index contributed by atoms with van der Waals surface area (Å²) < 4.78 is 0. The number of nitrogens with two attached hydrogens (primary N) is 1. The first-order chi connectivity index (χ1) is 13.3. The summed E-state index contributed by atoms with van der Waals surface area (Å²) in [4.78, 5) is 35.7. The van der Waals surface area contributed by atoms with Gasteiger partial charge >= 0.3 is 6.03 Å². The number of rotatable bonds is 8. The molecule has 0 aromatic heterocycles. The summed E-state index contributed by atoms with van der Waals surface area (Å²) in [6.07, 6.45) is 0.323. The minimum Gasteiger partial charge on any atom is -0.370 e. The SMILES string of the molecule is Cc1ccc(NC(=O)NC(Cc2ccccc2)C(=O)NCCC(N)=O)cc1Cl. The highest BCUT2D eigenvalue weighted by atomic mass is 35.5. The fourth-order valence-corrected chi connectivity index (χ4v) is 2.67. The molecule has 0 aliphatic rings. The molecule has 0 radical (unpaired) electrons. The molecule has 28 heavy (non-hydrogen) atoms. The molecule has 0 aliphatic carbocycles. The molecular weight excluding hydrogens is 380 g/mol. The third-order valence-corrected chi connectivity index (χ3v) is 4.41. The Labute approximate surface area is 168 Å². The van der Waals surface area contributed by atoms with Crippen molar-refractivity contribution in [1.29, 1.82) is 0 Å². The van der Waals surface area contributed by atoms with E-state index in [4.69, 9.17) is 17.3 Å². The Hall–Kier alpha value is -3.06. The number of nitrogens with one attached hydrogen (secondary N) is 3. The van der Waals surface area contributed by atoms with Crippen molar-refractivity contribution in [3.05, 3.63) is 64.7 Å². The number of hydrogen-bond donors (Lipinski definition) is 4. The van der Waals surface area contributed by atoms with Crippen molar-refractivity contribution in [1.82, 2.24) is 10.6 Å². The van der Waals surface area contributed by atoms with E-state index >= 15 is 0 Å². The predicted octanol–water partition coefficient (Wildman–Crippen LogP) is 2.37. The van der Waals surface area contributed by atoms with Crippen molar-refractivity contribution in [3.63, 3.8) is 0 Å². The fourth-order valence-electron chi connectivity index (χ4n) is 2.49. The zero-order valence-corrected chi connectivity index (χ0v) is 16.3. The number of aryl methyl sites for hydroxylation is 1. The monoisotopic (exact) mass is 402 g/mol. The first kappa shape index (κ1) is 21.2. The Morgan fingerprint density at radius 3 is 2.46 bits per heavy atom. The number of primary amides is 1. The van der Waals surface area contributed by atoms with Gasteiger partial charge in [0.15, 0.2) is 0 Å². The van der Waals surface area contributed by atoms with Gasteiger partial charge in [-0.1, -0.05) is 48.0 Å². The number of carbonyl (C=O) groups is 3. The number of urea groups is 1. The molecule has 0 bridgehead atoms. The summed E-state index contributed by atoms with van der Waals surface area (Å²) in [5, 5.41) is 8.48. The smallest absolute Gasteiger partial charge is 0.319 e. The summed E-state index contributed by atoms with van der Waals surface area (Å²) in [7, 11) is 0. The van der Waals surface area contributed by atoms with Crippen molar-refractivity contribution >= 4 is 35.1 Å². The second-order valence-corrected chi connectivity index (χ2v) is 6.72. The zero-order valence-electron chi connectivity index (χ0n) is 15.5. The number of hydrogen-bond acceptors (Lipinski definition) is 3. The van der Waals surface area contributed by atoms with Gasteiger partial charge in [-0.05, 0) is 30.2 Å². The molecule has 0 aliphatic heterocycles. The standard InChI is InChI=1S/C20H23ClN4O3/c1-13-7-8-15(12-16(13)21)24-20(28)25-17(11-14-5-3-2-4-6-14)19(27)23-10-9-18(22)26/h2-8,12,17H,9-11H2,1H3,(H2,22,26)(H,23,27)(H2,24,25,28). The average Bonchev–Trinajstić information content (AvgIpc) is 2.64. The van der Waals surface area contributed by atoms with Gasteiger partial charge in [0.2, 0.25) is 11.8 Å². The van der Waals surface area contributed by atoms with Crippen LogP contribution in [0.1, 0.15) is 17.5 Å². The largest absolute Gasteiger partial charge is 0.370 e. The van der Waals surface area contributed by atoms with Crippen molar-refractivity contribution in [2.24, 2.45) is 5.73 Å². The molecule has 2 aromatic carbocycles. The second-order valence-electron chi connectivity index (χ2n) is 6.31. The predicted molar refractivity (Wildman–Crippen MR) is 109 cm³/mol. The van der Waals surface area contributed by atoms with E-state index in [1.807, 2.05) is 37.3 Å². The molecule has 0 heterocycles. The molecule has 0 saturated carbocycles. The number of halogens is 1. The van der Waals surface area contributed by atoms with Crippen LogP contribution in [0.4, 0.5) is 10.5 Å². The normalized spacial score (nSPS) is 11.4. The van der Waals surface area contributed by atoms with Gasteiger partial charge < -0.3 is 21.7 Å². The molecule has 2 rings (SSSR count). The van der Waals surface area contributed by atoms with Gasteiger partial charge in [-0.25, -0.2) is 4.79 Å². The third kappa shape index (κ3) is 6.92. The lowest BCUT2D eigenvalue weighted by Crippen LogP contribution is -2.49. The lowest BCUT2D eigenvalue weighted by Gasteiger charge is -2.19. The number of carbonyl (C=O) groups excluding carboxylic acids is 3. The summed E-state index contributed by atoms with van der Waals surface area (Å²) in [6.45, 7) is 1.97. The average molecular weight is 403 g/mol. The van der Waals surface area contributed by atoms with E-state index in [2.05, 4.69) is 16.0 Å². The minimum atomic E-state index is -0.823. The van der Waals surface area contributed by atoms with E-state index in [-0.39, 0.29) is 13.0 Å². The van der Waals surface area contributed by atoms with Gasteiger partial charge in [-0.15, -0.1) is 0 Å². The number of anilines is 1. The highest BCUT2D eigenvalue weighted by molar-refractivity contribution is 6.31. The van der Waals surface area contributed by atoms with E-state index in [0.29, 0.717) is 17.1 Å². The molecule has 0 spiro atoms. The first-order valence-electron chi connectivity index (χ1n) is 8.79. The van der Waals surface area contributed by atoms with Crippen LogP contribution in [0, 0.1) is 6.92 Å². The summed E-state index contributed by atoms with van der Waals surface area (Å²) in [6, 6.07) is 13.1. The van der Waals surface area contributed by atoms with Crippen LogP contribution in [-0.4, -0.2) is 30.4 Å². The molecule has 148 valence electrons. The Kier molecular flexibility index (Phi) is 7.83. The topological polar surface area (TPSA) is 113 Å². The third-order valence-electron chi connectivity index (χ3n) is 4.00. The van der Waals surface area contributed by atoms with Crippen LogP contribution < -0.4 is 21.7 Å². The summed E-state index contributed by atoms with van der Waals surface area (Å²) in [5.74, 6) is -0.913. The van der Waals surface area contributed by atoms with Crippen LogP contribution in [0.2, 0.25) is 5.02 Å². The van der Waals surface area contributed by atoms with Crippen molar-refractivity contribution < 1.29 is 14.4 Å². The fraction of sp³-hybridized carbons (Fsp3) is 0.250. The van der Waals surface area contributed by atoms with Gasteiger partial charge in [0.05, 0.1) is 0 Å². The Bertz CT molecular complexity index is 843. The number of benzene rings is 2. The second kappa shape index (κ2) is 10.3. The van der Waals surface area contributed by atoms with E-state index < -0.39 is 23.9 Å². The summed E-state index contributed by atoms with van der Waals surface area (Å²) >= 11 is 6.07. The van der Waals surface area contributed by atoms with Crippen LogP contribution in [0.5, 0.6) is 0 Å². The molecule has 8 heteroatoms. The lowest BCUT2D eigenvalue weighted by atomic mass is 10.1. The quantitative estimate of drug-likeness (QED) is 0.543. The van der Waals surface area contributed by atoms with E-state index in [1.54, 1.807) is 18.2 Å². The van der Waals surface area contributed by atoms with Gasteiger partial charge in [0, 0.05) is 30.1 Å². The Morgan fingerprint density at radius 1 is 1.11 bits per heavy atom. The molecular formula is C20H23ClN4O3. The molecule has 1 unspecified atom stereocenters. The molecule has 5 N–H and O–H groups in total. The highest BCUT2D eigenvalue weighted by Crippen LogP contribution is 2.19. The molecule has 2 aromatic rings. The van der Waals surface area contributed by atoms with Gasteiger partial charge in [-0.3, -0.25) is 9.59 Å². The molecule has 0 saturated heterocycles. The molecule has 4 amide bonds. The maximum absolute atomic E-state index is 12.5. The maximum atomic E-state index is 12.5. The first-order valence-corrected chi connectivity index (χ1v) is 9.16. The zero-order chi connectivity index (χ0) is 20.5. The van der Waals surface area contributed by atoms with Crippen LogP contribution in [0.3, 0.4) is 0 Å². The van der Waals surface area contributed by atoms with E-state index in [0.717, 1.165) is 11.1 Å². The molecule has 1 atom stereocenters. The Morgan fingerprint density at radius 2 is 1.82 bits per heavy atom. The Balaban J connectivity index is 2.04.